The van der Waals surface area contributed by atoms with Crippen molar-refractivity contribution in [2.45, 2.75) is 52.2 Å². The first kappa shape index (κ1) is 17.6. The SMILES string of the molecule is CCCc1nc2c(sc3ncnc(NCCO)c32)c2c1COC(C)(C)C2. The molecule has 0 saturated heterocycles. The first-order valence-corrected chi connectivity index (χ1v) is 9.92. The van der Waals surface area contributed by atoms with E-state index in [0.29, 0.717) is 13.2 Å². The molecule has 0 fully saturated rings. The van der Waals surface area contributed by atoms with E-state index in [2.05, 4.69) is 36.1 Å². The molecule has 0 saturated carbocycles. The number of nitrogens with zero attached hydrogens (tertiary/aromatic N) is 3. The first-order valence-electron chi connectivity index (χ1n) is 9.10. The molecule has 0 radical (unpaired) electrons. The summed E-state index contributed by atoms with van der Waals surface area (Å²) in [5.41, 5.74) is 4.53. The zero-order valence-electron chi connectivity index (χ0n) is 15.4. The van der Waals surface area contributed by atoms with Crippen molar-refractivity contribution in [3.8, 4) is 0 Å². The normalized spacial score (nSPS) is 16.2. The third kappa shape index (κ3) is 2.94. The molecule has 1 aliphatic heterocycles. The molecule has 3 aromatic rings. The molecule has 3 aromatic heterocycles. The van der Waals surface area contributed by atoms with Crippen LogP contribution in [0.5, 0.6) is 0 Å². The number of rotatable bonds is 5. The Morgan fingerprint density at radius 2 is 2.15 bits per heavy atom. The molecule has 0 atom stereocenters. The fourth-order valence-electron chi connectivity index (χ4n) is 3.60. The number of hydrogen-bond acceptors (Lipinski definition) is 7. The van der Waals surface area contributed by atoms with E-state index in [4.69, 9.17) is 14.8 Å². The summed E-state index contributed by atoms with van der Waals surface area (Å²) in [5.74, 6) is 0.747. The van der Waals surface area contributed by atoms with Gasteiger partial charge in [0, 0.05) is 24.2 Å². The summed E-state index contributed by atoms with van der Waals surface area (Å²) < 4.78 is 7.27. The average molecular weight is 372 g/mol. The number of aliphatic hydroxyl groups is 1. The highest BCUT2D eigenvalue weighted by Crippen LogP contribution is 2.42. The van der Waals surface area contributed by atoms with Crippen LogP contribution in [-0.4, -0.2) is 38.8 Å². The van der Waals surface area contributed by atoms with Gasteiger partial charge >= 0.3 is 0 Å². The average Bonchev–Trinajstić information content (AvgIpc) is 2.99. The number of nitrogens with one attached hydrogen (secondary N) is 1. The number of aromatic nitrogens is 3. The maximum Gasteiger partial charge on any atom is 0.140 e. The van der Waals surface area contributed by atoms with E-state index in [1.54, 1.807) is 17.7 Å². The molecule has 0 bridgehead atoms. The summed E-state index contributed by atoms with van der Waals surface area (Å²) in [5, 5.41) is 13.3. The van der Waals surface area contributed by atoms with Crippen molar-refractivity contribution in [3.05, 3.63) is 23.1 Å². The lowest BCUT2D eigenvalue weighted by Crippen LogP contribution is -2.32. The molecule has 138 valence electrons. The Kier molecular flexibility index (Phi) is 4.54. The quantitative estimate of drug-likeness (QED) is 0.714. The van der Waals surface area contributed by atoms with Crippen LogP contribution in [0.2, 0.25) is 0 Å². The largest absolute Gasteiger partial charge is 0.395 e. The van der Waals surface area contributed by atoms with E-state index in [0.717, 1.165) is 46.5 Å². The lowest BCUT2D eigenvalue weighted by Gasteiger charge is -2.33. The van der Waals surface area contributed by atoms with Crippen LogP contribution < -0.4 is 5.32 Å². The monoisotopic (exact) mass is 372 g/mol. The predicted molar refractivity (Wildman–Crippen MR) is 105 cm³/mol. The summed E-state index contributed by atoms with van der Waals surface area (Å²) in [7, 11) is 0. The Bertz CT molecular complexity index is 967. The van der Waals surface area contributed by atoms with Gasteiger partial charge in [-0.1, -0.05) is 13.3 Å². The molecule has 1 aliphatic rings. The summed E-state index contributed by atoms with van der Waals surface area (Å²) in [4.78, 5) is 14.8. The number of aryl methyl sites for hydroxylation is 1. The molecule has 4 heterocycles. The van der Waals surface area contributed by atoms with Crippen molar-refractivity contribution < 1.29 is 9.84 Å². The van der Waals surface area contributed by atoms with Gasteiger partial charge in [0.1, 0.15) is 17.0 Å². The molecule has 2 N–H and O–H groups in total. The predicted octanol–water partition coefficient (Wildman–Crippen LogP) is 3.45. The van der Waals surface area contributed by atoms with Gasteiger partial charge in [0.2, 0.25) is 0 Å². The number of hydrogen-bond donors (Lipinski definition) is 2. The highest BCUT2D eigenvalue weighted by atomic mass is 32.1. The molecular formula is C19H24N4O2S. The van der Waals surface area contributed by atoms with Gasteiger partial charge < -0.3 is 15.2 Å². The summed E-state index contributed by atoms with van der Waals surface area (Å²) in [6.45, 7) is 7.59. The van der Waals surface area contributed by atoms with E-state index in [1.807, 2.05) is 0 Å². The van der Waals surface area contributed by atoms with Crippen molar-refractivity contribution in [1.82, 2.24) is 15.0 Å². The lowest BCUT2D eigenvalue weighted by molar-refractivity contribution is -0.0401. The fourth-order valence-corrected chi connectivity index (χ4v) is 4.75. The fraction of sp³-hybridized carbons (Fsp3) is 0.526. The minimum absolute atomic E-state index is 0.0585. The topological polar surface area (TPSA) is 80.2 Å². The van der Waals surface area contributed by atoms with Gasteiger partial charge in [0.05, 0.1) is 34.4 Å². The van der Waals surface area contributed by atoms with E-state index >= 15 is 0 Å². The number of pyridine rings is 1. The van der Waals surface area contributed by atoms with Gasteiger partial charge in [-0.15, -0.1) is 11.3 Å². The van der Waals surface area contributed by atoms with Crippen LogP contribution in [0.25, 0.3) is 20.4 Å². The molecule has 7 heteroatoms. The zero-order valence-corrected chi connectivity index (χ0v) is 16.2. The van der Waals surface area contributed by atoms with Crippen LogP contribution in [-0.2, 0) is 24.2 Å². The van der Waals surface area contributed by atoms with Crippen LogP contribution in [0.15, 0.2) is 6.33 Å². The van der Waals surface area contributed by atoms with Crippen molar-refractivity contribution in [2.75, 3.05) is 18.5 Å². The number of anilines is 1. The molecule has 0 aromatic carbocycles. The van der Waals surface area contributed by atoms with Crippen molar-refractivity contribution in [2.24, 2.45) is 0 Å². The maximum atomic E-state index is 9.16. The first-order chi connectivity index (χ1) is 12.5. The minimum Gasteiger partial charge on any atom is -0.395 e. The summed E-state index contributed by atoms with van der Waals surface area (Å²) >= 11 is 1.68. The van der Waals surface area contributed by atoms with Gasteiger partial charge in [-0.2, -0.15) is 0 Å². The van der Waals surface area contributed by atoms with Crippen LogP contribution in [0.1, 0.15) is 44.0 Å². The highest BCUT2D eigenvalue weighted by Gasteiger charge is 2.31. The summed E-state index contributed by atoms with van der Waals surface area (Å²) in [6, 6.07) is 0. The van der Waals surface area contributed by atoms with Crippen LogP contribution in [0.3, 0.4) is 0 Å². The van der Waals surface area contributed by atoms with E-state index < -0.39 is 0 Å². The van der Waals surface area contributed by atoms with Crippen LogP contribution in [0.4, 0.5) is 5.82 Å². The van der Waals surface area contributed by atoms with E-state index in [1.165, 1.54) is 15.8 Å². The van der Waals surface area contributed by atoms with Crippen molar-refractivity contribution in [3.63, 3.8) is 0 Å². The molecule has 0 aliphatic carbocycles. The number of thiophene rings is 1. The van der Waals surface area contributed by atoms with E-state index in [-0.39, 0.29) is 12.2 Å². The second kappa shape index (κ2) is 6.72. The number of aliphatic hydroxyl groups excluding tert-OH is 1. The third-order valence-electron chi connectivity index (χ3n) is 4.80. The molecule has 26 heavy (non-hydrogen) atoms. The van der Waals surface area contributed by atoms with Crippen LogP contribution >= 0.6 is 11.3 Å². The number of fused-ring (bicyclic) bond motifs is 5. The Labute approximate surface area is 156 Å². The van der Waals surface area contributed by atoms with Gasteiger partial charge in [-0.3, -0.25) is 4.98 Å². The van der Waals surface area contributed by atoms with Gasteiger partial charge in [0.15, 0.2) is 0 Å². The van der Waals surface area contributed by atoms with Crippen molar-refractivity contribution >= 4 is 37.6 Å². The van der Waals surface area contributed by atoms with Crippen LogP contribution in [0, 0.1) is 0 Å². The maximum absolute atomic E-state index is 9.16. The smallest absolute Gasteiger partial charge is 0.140 e. The second-order valence-electron chi connectivity index (χ2n) is 7.32. The van der Waals surface area contributed by atoms with Gasteiger partial charge in [-0.05, 0) is 25.8 Å². The zero-order chi connectivity index (χ0) is 18.3. The molecule has 0 amide bonds. The summed E-state index contributed by atoms with van der Waals surface area (Å²) in [6.07, 6.45) is 4.43. The Balaban J connectivity index is 2.01. The van der Waals surface area contributed by atoms with E-state index in [9.17, 15) is 0 Å². The molecule has 6 nitrogen and oxygen atoms in total. The third-order valence-corrected chi connectivity index (χ3v) is 5.94. The molecule has 4 rings (SSSR count). The van der Waals surface area contributed by atoms with Gasteiger partial charge in [0.25, 0.3) is 0 Å². The second-order valence-corrected chi connectivity index (χ2v) is 8.32. The molecule has 0 unspecified atom stereocenters. The Morgan fingerprint density at radius 1 is 1.31 bits per heavy atom. The Hall–Kier alpha value is -1.83. The lowest BCUT2D eigenvalue weighted by atomic mass is 9.90. The van der Waals surface area contributed by atoms with Crippen molar-refractivity contribution in [1.29, 1.82) is 0 Å². The standard InChI is InChI=1S/C19H24N4O2S/c1-4-5-13-12-9-25-19(2,3)8-11(12)16-15(23-13)14-17(20-6-7-24)21-10-22-18(14)26-16/h10,24H,4-9H2,1-3H3,(H,20,21,22). The minimum atomic E-state index is -0.176. The Morgan fingerprint density at radius 3 is 2.92 bits per heavy atom. The highest BCUT2D eigenvalue weighted by molar-refractivity contribution is 7.25. The number of ether oxygens (including phenoxy) is 1. The molecule has 0 spiro atoms. The molecular weight excluding hydrogens is 348 g/mol. The van der Waals surface area contributed by atoms with Gasteiger partial charge in [-0.25, -0.2) is 9.97 Å².